The molecule has 2 aromatic rings. The second-order valence-electron chi connectivity index (χ2n) is 4.04. The van der Waals surface area contributed by atoms with E-state index in [1.54, 1.807) is 6.07 Å². The minimum atomic E-state index is -0.0688. The molecule has 0 N–H and O–H groups in total. The smallest absolute Gasteiger partial charge is 0.194 e. The third-order valence-corrected chi connectivity index (χ3v) is 2.61. The first-order chi connectivity index (χ1) is 8.22. The van der Waals surface area contributed by atoms with Crippen LogP contribution in [-0.4, -0.2) is 12.4 Å². The predicted molar refractivity (Wildman–Crippen MR) is 66.6 cm³/mol. The van der Waals surface area contributed by atoms with Gasteiger partial charge < -0.3 is 9.15 Å². The SMILES string of the molecule is CCCCOc1cccc2cc(C(C)=O)oc12. The Morgan fingerprint density at radius 1 is 1.41 bits per heavy atom. The highest BCUT2D eigenvalue weighted by molar-refractivity contribution is 5.97. The molecule has 0 unspecified atom stereocenters. The summed E-state index contributed by atoms with van der Waals surface area (Å²) in [6, 6.07) is 7.44. The van der Waals surface area contributed by atoms with Gasteiger partial charge in [0.2, 0.25) is 0 Å². The third kappa shape index (κ3) is 2.49. The molecule has 0 aliphatic rings. The lowest BCUT2D eigenvalue weighted by Crippen LogP contribution is -1.96. The van der Waals surface area contributed by atoms with Crippen LogP contribution in [0.4, 0.5) is 0 Å². The zero-order chi connectivity index (χ0) is 12.3. The van der Waals surface area contributed by atoms with E-state index in [0.29, 0.717) is 23.7 Å². The van der Waals surface area contributed by atoms with Gasteiger partial charge in [0.1, 0.15) is 0 Å². The van der Waals surface area contributed by atoms with Crippen LogP contribution in [0.25, 0.3) is 11.0 Å². The molecular formula is C14H16O3. The summed E-state index contributed by atoms with van der Waals surface area (Å²) >= 11 is 0. The summed E-state index contributed by atoms with van der Waals surface area (Å²) in [5, 5.41) is 0.907. The number of unbranched alkanes of at least 4 members (excludes halogenated alkanes) is 1. The van der Waals surface area contributed by atoms with Crippen LogP contribution in [-0.2, 0) is 0 Å². The second-order valence-corrected chi connectivity index (χ2v) is 4.04. The fourth-order valence-electron chi connectivity index (χ4n) is 1.65. The Morgan fingerprint density at radius 3 is 2.94 bits per heavy atom. The first-order valence-electron chi connectivity index (χ1n) is 5.88. The Balaban J connectivity index is 2.32. The average Bonchev–Trinajstić information content (AvgIpc) is 2.74. The predicted octanol–water partition coefficient (Wildman–Crippen LogP) is 3.81. The van der Waals surface area contributed by atoms with E-state index in [9.17, 15) is 4.79 Å². The monoisotopic (exact) mass is 232 g/mol. The molecule has 3 nitrogen and oxygen atoms in total. The summed E-state index contributed by atoms with van der Waals surface area (Å²) in [7, 11) is 0. The maximum absolute atomic E-state index is 11.3. The Morgan fingerprint density at radius 2 is 2.24 bits per heavy atom. The van der Waals surface area contributed by atoms with E-state index in [4.69, 9.17) is 9.15 Å². The average molecular weight is 232 g/mol. The second kappa shape index (κ2) is 5.04. The molecule has 90 valence electrons. The van der Waals surface area contributed by atoms with Crippen LogP contribution in [0.2, 0.25) is 0 Å². The Bertz CT molecular complexity index is 525. The zero-order valence-corrected chi connectivity index (χ0v) is 10.2. The summed E-state index contributed by atoms with van der Waals surface area (Å²) in [5.41, 5.74) is 0.661. The van der Waals surface area contributed by atoms with Gasteiger partial charge in [0.15, 0.2) is 22.9 Å². The van der Waals surface area contributed by atoms with Gasteiger partial charge in [-0.25, -0.2) is 0 Å². The normalized spacial score (nSPS) is 10.7. The molecule has 0 atom stereocenters. The largest absolute Gasteiger partial charge is 0.490 e. The molecule has 0 bridgehead atoms. The molecule has 1 aromatic heterocycles. The van der Waals surface area contributed by atoms with Crippen LogP contribution in [0.3, 0.4) is 0 Å². The lowest BCUT2D eigenvalue weighted by Gasteiger charge is -2.04. The fraction of sp³-hybridized carbons (Fsp3) is 0.357. The highest BCUT2D eigenvalue weighted by atomic mass is 16.5. The number of para-hydroxylation sites is 1. The van der Waals surface area contributed by atoms with Gasteiger partial charge in [0.25, 0.3) is 0 Å². The van der Waals surface area contributed by atoms with Gasteiger partial charge in [-0.05, 0) is 18.6 Å². The van der Waals surface area contributed by atoms with Gasteiger partial charge in [-0.15, -0.1) is 0 Å². The van der Waals surface area contributed by atoms with Crippen molar-refractivity contribution in [2.24, 2.45) is 0 Å². The lowest BCUT2D eigenvalue weighted by molar-refractivity contribution is 0.0989. The van der Waals surface area contributed by atoms with E-state index in [2.05, 4.69) is 6.92 Å². The number of carbonyl (C=O) groups is 1. The zero-order valence-electron chi connectivity index (χ0n) is 10.2. The maximum atomic E-state index is 11.3. The molecule has 1 heterocycles. The maximum Gasteiger partial charge on any atom is 0.194 e. The Hall–Kier alpha value is -1.77. The van der Waals surface area contributed by atoms with Gasteiger partial charge in [-0.3, -0.25) is 4.79 Å². The quantitative estimate of drug-likeness (QED) is 0.581. The molecule has 2 rings (SSSR count). The van der Waals surface area contributed by atoms with Gasteiger partial charge >= 0.3 is 0 Å². The van der Waals surface area contributed by atoms with Gasteiger partial charge in [0, 0.05) is 12.3 Å². The van der Waals surface area contributed by atoms with E-state index in [-0.39, 0.29) is 5.78 Å². The molecule has 17 heavy (non-hydrogen) atoms. The number of benzene rings is 1. The van der Waals surface area contributed by atoms with Crippen molar-refractivity contribution >= 4 is 16.8 Å². The van der Waals surface area contributed by atoms with Crippen molar-refractivity contribution in [3.63, 3.8) is 0 Å². The minimum Gasteiger partial charge on any atom is -0.490 e. The Labute approximate surface area is 100 Å². The molecule has 1 aromatic carbocycles. The minimum absolute atomic E-state index is 0.0688. The molecule has 0 fully saturated rings. The molecule has 0 spiro atoms. The molecule has 3 heteroatoms. The molecule has 0 aliphatic carbocycles. The number of ketones is 1. The van der Waals surface area contributed by atoms with Crippen molar-refractivity contribution in [3.8, 4) is 5.75 Å². The number of carbonyl (C=O) groups excluding carboxylic acids is 1. The number of ether oxygens (including phenoxy) is 1. The van der Waals surface area contributed by atoms with Gasteiger partial charge in [0.05, 0.1) is 6.61 Å². The molecule has 0 radical (unpaired) electrons. The van der Waals surface area contributed by atoms with E-state index in [1.807, 2.05) is 18.2 Å². The van der Waals surface area contributed by atoms with E-state index in [0.717, 1.165) is 18.2 Å². The van der Waals surface area contributed by atoms with Crippen molar-refractivity contribution in [1.29, 1.82) is 0 Å². The van der Waals surface area contributed by atoms with E-state index >= 15 is 0 Å². The third-order valence-electron chi connectivity index (χ3n) is 2.61. The van der Waals surface area contributed by atoms with Crippen LogP contribution in [0, 0.1) is 0 Å². The van der Waals surface area contributed by atoms with Crippen molar-refractivity contribution in [1.82, 2.24) is 0 Å². The van der Waals surface area contributed by atoms with Gasteiger partial charge in [-0.2, -0.15) is 0 Å². The molecule has 0 saturated heterocycles. The molecule has 0 aliphatic heterocycles. The number of hydrogen-bond donors (Lipinski definition) is 0. The number of rotatable bonds is 5. The summed E-state index contributed by atoms with van der Waals surface area (Å²) in [6.07, 6.45) is 2.10. The topological polar surface area (TPSA) is 39.4 Å². The first-order valence-corrected chi connectivity index (χ1v) is 5.88. The summed E-state index contributed by atoms with van der Waals surface area (Å²) in [5.74, 6) is 1.02. The van der Waals surface area contributed by atoms with Crippen LogP contribution < -0.4 is 4.74 Å². The van der Waals surface area contributed by atoms with E-state index < -0.39 is 0 Å². The summed E-state index contributed by atoms with van der Waals surface area (Å²) in [4.78, 5) is 11.3. The summed E-state index contributed by atoms with van der Waals surface area (Å²) < 4.78 is 11.2. The van der Waals surface area contributed by atoms with Crippen LogP contribution in [0.1, 0.15) is 37.2 Å². The number of hydrogen-bond acceptors (Lipinski definition) is 3. The highest BCUT2D eigenvalue weighted by Crippen LogP contribution is 2.29. The summed E-state index contributed by atoms with van der Waals surface area (Å²) in [6.45, 7) is 4.28. The van der Waals surface area contributed by atoms with Gasteiger partial charge in [-0.1, -0.05) is 25.5 Å². The van der Waals surface area contributed by atoms with Crippen molar-refractivity contribution in [2.75, 3.05) is 6.61 Å². The Kier molecular flexibility index (Phi) is 3.47. The first kappa shape index (κ1) is 11.7. The highest BCUT2D eigenvalue weighted by Gasteiger charge is 2.11. The number of Topliss-reactive ketones (excluding diaryl/α,β-unsaturated/α-hetero) is 1. The lowest BCUT2D eigenvalue weighted by atomic mass is 10.2. The van der Waals surface area contributed by atoms with Crippen molar-refractivity contribution < 1.29 is 13.9 Å². The standard InChI is InChI=1S/C14H16O3/c1-3-4-8-16-12-7-5-6-11-9-13(10(2)15)17-14(11)12/h5-7,9H,3-4,8H2,1-2H3. The van der Waals surface area contributed by atoms with Crippen molar-refractivity contribution in [3.05, 3.63) is 30.0 Å². The van der Waals surface area contributed by atoms with Crippen LogP contribution in [0.15, 0.2) is 28.7 Å². The fourth-order valence-corrected chi connectivity index (χ4v) is 1.65. The number of fused-ring (bicyclic) bond motifs is 1. The van der Waals surface area contributed by atoms with Crippen LogP contribution in [0.5, 0.6) is 5.75 Å². The van der Waals surface area contributed by atoms with Crippen molar-refractivity contribution in [2.45, 2.75) is 26.7 Å². The molecular weight excluding hydrogens is 216 g/mol. The molecule has 0 amide bonds. The number of furan rings is 1. The van der Waals surface area contributed by atoms with E-state index in [1.165, 1.54) is 6.92 Å². The van der Waals surface area contributed by atoms with Crippen LogP contribution >= 0.6 is 0 Å². The molecule has 0 saturated carbocycles.